The molecule has 0 spiro atoms. The molecule has 3 heteroatoms. The zero-order chi connectivity index (χ0) is 13.3. The van der Waals surface area contributed by atoms with Gasteiger partial charge in [0.15, 0.2) is 0 Å². The van der Waals surface area contributed by atoms with E-state index in [1.807, 2.05) is 6.07 Å². The van der Waals surface area contributed by atoms with Crippen LogP contribution in [0.25, 0.3) is 0 Å². The van der Waals surface area contributed by atoms with Gasteiger partial charge in [0, 0.05) is 31.4 Å². The number of nitrogens with two attached hydrogens (primary N) is 1. The molecule has 1 unspecified atom stereocenters. The number of nitrogen functional groups attached to an aromatic ring is 1. The first-order chi connectivity index (χ1) is 8.49. The lowest BCUT2D eigenvalue weighted by atomic mass is 10.0. The van der Waals surface area contributed by atoms with E-state index in [4.69, 9.17) is 5.73 Å². The Morgan fingerprint density at radius 3 is 2.56 bits per heavy atom. The third kappa shape index (κ3) is 2.68. The molecule has 2 N–H and O–H groups in total. The first kappa shape index (κ1) is 13.4. The van der Waals surface area contributed by atoms with Crippen molar-refractivity contribution in [2.45, 2.75) is 33.0 Å². The Kier molecular flexibility index (Phi) is 3.93. The van der Waals surface area contributed by atoms with Crippen LogP contribution < -0.4 is 5.73 Å². The van der Waals surface area contributed by atoms with E-state index < -0.39 is 0 Å². The van der Waals surface area contributed by atoms with Gasteiger partial charge in [-0.3, -0.25) is 4.90 Å². The summed E-state index contributed by atoms with van der Waals surface area (Å²) < 4.78 is 0. The molecule has 1 aromatic carbocycles. The lowest BCUT2D eigenvalue weighted by Gasteiger charge is -2.33. The van der Waals surface area contributed by atoms with E-state index >= 15 is 0 Å². The van der Waals surface area contributed by atoms with E-state index in [-0.39, 0.29) is 0 Å². The van der Waals surface area contributed by atoms with E-state index in [0.29, 0.717) is 12.0 Å². The second-order valence-electron chi connectivity index (χ2n) is 5.96. The number of rotatable bonds is 4. The van der Waals surface area contributed by atoms with Gasteiger partial charge in [-0.2, -0.15) is 0 Å². The van der Waals surface area contributed by atoms with Crippen LogP contribution in [-0.2, 0) is 13.1 Å². The average Bonchev–Trinajstić information content (AvgIpc) is 2.70. The predicted octanol–water partition coefficient (Wildman–Crippen LogP) is 2.17. The number of nitrogens with zero attached hydrogens (tertiary/aromatic N) is 2. The standard InChI is InChI=1S/C15H25N3/c1-11(2)15(10-17(3)4)18-8-12-6-5-7-14(16)13(12)9-18/h5-7,11,15H,8-10,16H2,1-4H3. The van der Waals surface area contributed by atoms with Crippen LogP contribution in [0.5, 0.6) is 0 Å². The summed E-state index contributed by atoms with van der Waals surface area (Å²) in [5.74, 6) is 0.655. The molecule has 1 aromatic rings. The molecule has 0 aliphatic carbocycles. The van der Waals surface area contributed by atoms with E-state index in [9.17, 15) is 0 Å². The molecule has 1 aliphatic rings. The molecule has 0 aromatic heterocycles. The highest BCUT2D eigenvalue weighted by Gasteiger charge is 2.29. The molecule has 0 amide bonds. The maximum atomic E-state index is 6.07. The zero-order valence-electron chi connectivity index (χ0n) is 12.0. The second kappa shape index (κ2) is 5.29. The van der Waals surface area contributed by atoms with Crippen LogP contribution in [0, 0.1) is 5.92 Å². The van der Waals surface area contributed by atoms with E-state index in [1.165, 1.54) is 11.1 Å². The fraction of sp³-hybridized carbons (Fsp3) is 0.600. The minimum Gasteiger partial charge on any atom is -0.398 e. The number of fused-ring (bicyclic) bond motifs is 1. The molecule has 100 valence electrons. The smallest absolute Gasteiger partial charge is 0.0363 e. The maximum absolute atomic E-state index is 6.07. The lowest BCUT2D eigenvalue weighted by molar-refractivity contribution is 0.124. The molecule has 1 atom stereocenters. The predicted molar refractivity (Wildman–Crippen MR) is 77.3 cm³/mol. The Morgan fingerprint density at radius 2 is 2.00 bits per heavy atom. The van der Waals surface area contributed by atoms with Crippen molar-refractivity contribution >= 4 is 5.69 Å². The summed E-state index contributed by atoms with van der Waals surface area (Å²) in [6, 6.07) is 6.87. The van der Waals surface area contributed by atoms with Crippen molar-refractivity contribution < 1.29 is 0 Å². The Balaban J connectivity index is 2.15. The topological polar surface area (TPSA) is 32.5 Å². The second-order valence-corrected chi connectivity index (χ2v) is 5.96. The molecule has 3 nitrogen and oxygen atoms in total. The third-order valence-corrected chi connectivity index (χ3v) is 3.83. The fourth-order valence-corrected chi connectivity index (χ4v) is 2.83. The highest BCUT2D eigenvalue weighted by atomic mass is 15.2. The molecular formula is C15H25N3. The maximum Gasteiger partial charge on any atom is 0.0363 e. The van der Waals surface area contributed by atoms with Gasteiger partial charge >= 0.3 is 0 Å². The molecule has 0 fully saturated rings. The van der Waals surface area contributed by atoms with Crippen molar-refractivity contribution in [1.29, 1.82) is 0 Å². The quantitative estimate of drug-likeness (QED) is 0.828. The van der Waals surface area contributed by atoms with Gasteiger partial charge in [0.2, 0.25) is 0 Å². The van der Waals surface area contributed by atoms with E-state index in [1.54, 1.807) is 0 Å². The van der Waals surface area contributed by atoms with Gasteiger partial charge in [0.1, 0.15) is 0 Å². The van der Waals surface area contributed by atoms with Crippen LogP contribution in [0.15, 0.2) is 18.2 Å². The number of hydrogen-bond donors (Lipinski definition) is 1. The van der Waals surface area contributed by atoms with E-state index in [2.05, 4.69) is 49.9 Å². The van der Waals surface area contributed by atoms with Crippen LogP contribution in [0.2, 0.25) is 0 Å². The molecule has 0 saturated heterocycles. The van der Waals surface area contributed by atoms with Gasteiger partial charge in [0.05, 0.1) is 0 Å². The third-order valence-electron chi connectivity index (χ3n) is 3.83. The SMILES string of the molecule is CC(C)C(CN(C)C)N1Cc2cccc(N)c2C1. The van der Waals surface area contributed by atoms with Crippen LogP contribution in [0.1, 0.15) is 25.0 Å². The van der Waals surface area contributed by atoms with Crippen LogP contribution in [0.4, 0.5) is 5.69 Å². The highest BCUT2D eigenvalue weighted by molar-refractivity contribution is 5.52. The minimum absolute atomic E-state index is 0.590. The normalized spacial score (nSPS) is 17.4. The van der Waals surface area contributed by atoms with Crippen molar-refractivity contribution in [3.8, 4) is 0 Å². The molecule has 18 heavy (non-hydrogen) atoms. The molecule has 1 aliphatic heterocycles. The lowest BCUT2D eigenvalue weighted by Crippen LogP contribution is -2.42. The molecule has 0 saturated carbocycles. The van der Waals surface area contributed by atoms with E-state index in [0.717, 1.165) is 25.3 Å². The molecule has 0 radical (unpaired) electrons. The first-order valence-corrected chi connectivity index (χ1v) is 6.74. The Labute approximate surface area is 111 Å². The van der Waals surface area contributed by atoms with Gasteiger partial charge < -0.3 is 10.6 Å². The average molecular weight is 247 g/mol. The fourth-order valence-electron chi connectivity index (χ4n) is 2.83. The number of benzene rings is 1. The van der Waals surface area contributed by atoms with Crippen molar-refractivity contribution in [2.75, 3.05) is 26.4 Å². The summed E-state index contributed by atoms with van der Waals surface area (Å²) in [5, 5.41) is 0. The van der Waals surface area contributed by atoms with Gasteiger partial charge in [-0.25, -0.2) is 0 Å². The largest absolute Gasteiger partial charge is 0.398 e. The van der Waals surface area contributed by atoms with Crippen molar-refractivity contribution in [2.24, 2.45) is 5.92 Å². The molecule has 1 heterocycles. The number of hydrogen-bond acceptors (Lipinski definition) is 3. The van der Waals surface area contributed by atoms with Crippen LogP contribution >= 0.6 is 0 Å². The summed E-state index contributed by atoms with van der Waals surface area (Å²) in [5.41, 5.74) is 9.76. The van der Waals surface area contributed by atoms with Crippen molar-refractivity contribution in [1.82, 2.24) is 9.80 Å². The number of likely N-dealkylation sites (N-methyl/N-ethyl adjacent to an activating group) is 1. The Morgan fingerprint density at radius 1 is 1.28 bits per heavy atom. The van der Waals surface area contributed by atoms with Crippen LogP contribution in [0.3, 0.4) is 0 Å². The van der Waals surface area contributed by atoms with Gasteiger partial charge in [-0.1, -0.05) is 26.0 Å². The van der Waals surface area contributed by atoms with Crippen molar-refractivity contribution in [3.63, 3.8) is 0 Å². The van der Waals surface area contributed by atoms with Gasteiger partial charge in [-0.05, 0) is 37.2 Å². The molecule has 2 rings (SSSR count). The van der Waals surface area contributed by atoms with Crippen molar-refractivity contribution in [3.05, 3.63) is 29.3 Å². The summed E-state index contributed by atoms with van der Waals surface area (Å²) >= 11 is 0. The minimum atomic E-state index is 0.590. The number of anilines is 1. The van der Waals surface area contributed by atoms with Crippen LogP contribution in [-0.4, -0.2) is 36.5 Å². The molecular weight excluding hydrogens is 222 g/mol. The summed E-state index contributed by atoms with van der Waals surface area (Å²) in [6.07, 6.45) is 0. The highest BCUT2D eigenvalue weighted by Crippen LogP contribution is 2.30. The molecule has 0 bridgehead atoms. The summed E-state index contributed by atoms with van der Waals surface area (Å²) in [4.78, 5) is 4.84. The van der Waals surface area contributed by atoms with Gasteiger partial charge in [-0.15, -0.1) is 0 Å². The first-order valence-electron chi connectivity index (χ1n) is 6.74. The monoisotopic (exact) mass is 247 g/mol. The summed E-state index contributed by atoms with van der Waals surface area (Å²) in [6.45, 7) is 7.75. The zero-order valence-corrected chi connectivity index (χ0v) is 12.0. The Bertz CT molecular complexity index is 412. The van der Waals surface area contributed by atoms with Gasteiger partial charge in [0.25, 0.3) is 0 Å². The summed E-state index contributed by atoms with van der Waals surface area (Å²) in [7, 11) is 4.29. The Hall–Kier alpha value is -1.06.